The van der Waals surface area contributed by atoms with Crippen molar-refractivity contribution >= 4 is 0 Å². The van der Waals surface area contributed by atoms with E-state index in [1.165, 1.54) is 12.1 Å². The summed E-state index contributed by atoms with van der Waals surface area (Å²) in [7, 11) is 0. The van der Waals surface area contributed by atoms with Crippen molar-refractivity contribution < 1.29 is 22.6 Å². The summed E-state index contributed by atoms with van der Waals surface area (Å²) < 4.78 is 45.8. The highest BCUT2D eigenvalue weighted by molar-refractivity contribution is 5.27. The molecule has 1 aromatic rings. The minimum Gasteiger partial charge on any atom is -0.406 e. The van der Waals surface area contributed by atoms with E-state index in [9.17, 15) is 13.2 Å². The first kappa shape index (κ1) is 17.5. The molecule has 0 radical (unpaired) electrons. The van der Waals surface area contributed by atoms with Crippen molar-refractivity contribution in [2.24, 2.45) is 0 Å². The Hall–Kier alpha value is -1.31. The molecule has 0 aromatic heterocycles. The maximum atomic E-state index is 12.2. The summed E-state index contributed by atoms with van der Waals surface area (Å²) in [6.07, 6.45) is -2.37. The molecule has 4 nitrogen and oxygen atoms in total. The quantitative estimate of drug-likeness (QED) is 0.839. The van der Waals surface area contributed by atoms with Gasteiger partial charge in [0.25, 0.3) is 0 Å². The van der Waals surface area contributed by atoms with Crippen molar-refractivity contribution in [2.75, 3.05) is 39.4 Å². The Balaban J connectivity index is 1.45. The molecule has 2 aliphatic heterocycles. The van der Waals surface area contributed by atoms with Crippen molar-refractivity contribution in [3.05, 3.63) is 29.8 Å². The SMILES string of the molecule is FC(F)(F)Oc1ccc(CN2CCC(N3CCOCC3)CC2)cc1. The molecule has 2 fully saturated rings. The Morgan fingerprint density at radius 2 is 1.62 bits per heavy atom. The van der Waals surface area contributed by atoms with Crippen LogP contribution in [-0.2, 0) is 11.3 Å². The lowest BCUT2D eigenvalue weighted by Crippen LogP contribution is -2.48. The number of hydrogen-bond donors (Lipinski definition) is 0. The molecule has 1 aromatic carbocycles. The van der Waals surface area contributed by atoms with E-state index in [0.717, 1.165) is 64.3 Å². The highest BCUT2D eigenvalue weighted by Crippen LogP contribution is 2.24. The molecule has 0 unspecified atom stereocenters. The normalized spacial score (nSPS) is 21.8. The van der Waals surface area contributed by atoms with Crippen LogP contribution in [0.15, 0.2) is 24.3 Å². The predicted octanol–water partition coefficient (Wildman–Crippen LogP) is 2.88. The van der Waals surface area contributed by atoms with Gasteiger partial charge in [0.1, 0.15) is 5.75 Å². The second-order valence-electron chi connectivity index (χ2n) is 6.35. The third-order valence-electron chi connectivity index (χ3n) is 4.68. The van der Waals surface area contributed by atoms with Gasteiger partial charge in [-0.3, -0.25) is 9.80 Å². The largest absolute Gasteiger partial charge is 0.573 e. The lowest BCUT2D eigenvalue weighted by Gasteiger charge is -2.40. The highest BCUT2D eigenvalue weighted by Gasteiger charge is 2.31. The molecule has 2 heterocycles. The van der Waals surface area contributed by atoms with E-state index < -0.39 is 6.36 Å². The summed E-state index contributed by atoms with van der Waals surface area (Å²) in [5, 5.41) is 0. The van der Waals surface area contributed by atoms with Crippen LogP contribution in [0.1, 0.15) is 18.4 Å². The molecule has 0 spiro atoms. The van der Waals surface area contributed by atoms with Crippen LogP contribution in [0.5, 0.6) is 5.75 Å². The highest BCUT2D eigenvalue weighted by atomic mass is 19.4. The molecule has 0 aliphatic carbocycles. The molecule has 0 N–H and O–H groups in total. The van der Waals surface area contributed by atoms with Gasteiger partial charge in [-0.2, -0.15) is 0 Å². The van der Waals surface area contributed by atoms with Gasteiger partial charge < -0.3 is 9.47 Å². The van der Waals surface area contributed by atoms with Crippen LogP contribution in [0.4, 0.5) is 13.2 Å². The van der Waals surface area contributed by atoms with Crippen molar-refractivity contribution in [3.8, 4) is 5.75 Å². The Bertz CT molecular complexity index is 508. The molecular formula is C17H23F3N2O2. The number of alkyl halides is 3. The van der Waals surface area contributed by atoms with Crippen molar-refractivity contribution in [3.63, 3.8) is 0 Å². The second-order valence-corrected chi connectivity index (χ2v) is 6.35. The monoisotopic (exact) mass is 344 g/mol. The van der Waals surface area contributed by atoms with E-state index >= 15 is 0 Å². The standard InChI is InChI=1S/C17H23F3N2O2/c18-17(19,20)24-16-3-1-14(2-4-16)13-21-7-5-15(6-8-21)22-9-11-23-12-10-22/h1-4,15H,5-13H2. The predicted molar refractivity (Wildman–Crippen MR) is 83.8 cm³/mol. The van der Waals surface area contributed by atoms with Gasteiger partial charge in [0, 0.05) is 25.7 Å². The van der Waals surface area contributed by atoms with Crippen LogP contribution in [0, 0.1) is 0 Å². The van der Waals surface area contributed by atoms with Crippen LogP contribution in [0.25, 0.3) is 0 Å². The van der Waals surface area contributed by atoms with Crippen molar-refractivity contribution in [2.45, 2.75) is 31.8 Å². The van der Waals surface area contributed by atoms with Gasteiger partial charge in [0.05, 0.1) is 13.2 Å². The lowest BCUT2D eigenvalue weighted by molar-refractivity contribution is -0.274. The van der Waals surface area contributed by atoms with E-state index in [4.69, 9.17) is 4.74 Å². The van der Waals surface area contributed by atoms with Gasteiger partial charge in [0.2, 0.25) is 0 Å². The summed E-state index contributed by atoms with van der Waals surface area (Å²) in [6.45, 7) is 6.49. The van der Waals surface area contributed by atoms with Gasteiger partial charge in [-0.15, -0.1) is 13.2 Å². The first-order valence-electron chi connectivity index (χ1n) is 8.38. The number of hydrogen-bond acceptors (Lipinski definition) is 4. The molecule has 2 aliphatic rings. The molecule has 0 saturated carbocycles. The van der Waals surface area contributed by atoms with Crippen LogP contribution in [0.3, 0.4) is 0 Å². The van der Waals surface area contributed by atoms with Crippen molar-refractivity contribution in [1.29, 1.82) is 0 Å². The number of halogens is 3. The van der Waals surface area contributed by atoms with Gasteiger partial charge in [-0.25, -0.2) is 0 Å². The van der Waals surface area contributed by atoms with Crippen molar-refractivity contribution in [1.82, 2.24) is 9.80 Å². The molecule has 0 bridgehead atoms. The summed E-state index contributed by atoms with van der Waals surface area (Å²) in [6, 6.07) is 6.80. The number of piperidine rings is 1. The third-order valence-corrected chi connectivity index (χ3v) is 4.68. The minimum atomic E-state index is -4.64. The summed E-state index contributed by atoms with van der Waals surface area (Å²) in [5.41, 5.74) is 1.01. The zero-order chi connectivity index (χ0) is 17.0. The van der Waals surface area contributed by atoms with Crippen LogP contribution >= 0.6 is 0 Å². The maximum Gasteiger partial charge on any atom is 0.573 e. The second kappa shape index (κ2) is 7.72. The number of morpholine rings is 1. The first-order chi connectivity index (χ1) is 11.5. The Morgan fingerprint density at radius 1 is 1.00 bits per heavy atom. The molecule has 3 rings (SSSR count). The van der Waals surface area contributed by atoms with Gasteiger partial charge >= 0.3 is 6.36 Å². The van der Waals surface area contributed by atoms with Gasteiger partial charge in [-0.05, 0) is 43.6 Å². The number of nitrogens with zero attached hydrogens (tertiary/aromatic N) is 2. The van der Waals surface area contributed by atoms with Gasteiger partial charge in [0.15, 0.2) is 0 Å². The zero-order valence-corrected chi connectivity index (χ0v) is 13.6. The molecule has 0 atom stereocenters. The zero-order valence-electron chi connectivity index (χ0n) is 13.6. The van der Waals surface area contributed by atoms with Gasteiger partial charge in [-0.1, -0.05) is 12.1 Å². The van der Waals surface area contributed by atoms with E-state index in [-0.39, 0.29) is 5.75 Å². The number of likely N-dealkylation sites (tertiary alicyclic amines) is 1. The molecule has 0 amide bonds. The smallest absolute Gasteiger partial charge is 0.406 e. The van der Waals surface area contributed by atoms with Crippen LogP contribution in [-0.4, -0.2) is 61.6 Å². The maximum absolute atomic E-state index is 12.2. The van der Waals surface area contributed by atoms with E-state index in [1.807, 2.05) is 0 Å². The fourth-order valence-corrected chi connectivity index (χ4v) is 3.44. The number of benzene rings is 1. The Morgan fingerprint density at radius 3 is 2.21 bits per heavy atom. The molecule has 2 saturated heterocycles. The summed E-state index contributed by atoms with van der Waals surface area (Å²) in [4.78, 5) is 4.88. The van der Waals surface area contributed by atoms with Crippen LogP contribution < -0.4 is 4.74 Å². The fraction of sp³-hybridized carbons (Fsp3) is 0.647. The number of ether oxygens (including phenoxy) is 2. The topological polar surface area (TPSA) is 24.9 Å². The van der Waals surface area contributed by atoms with E-state index in [1.54, 1.807) is 12.1 Å². The fourth-order valence-electron chi connectivity index (χ4n) is 3.44. The molecule has 134 valence electrons. The molecule has 7 heteroatoms. The summed E-state index contributed by atoms with van der Waals surface area (Å²) >= 11 is 0. The molecule has 24 heavy (non-hydrogen) atoms. The Kier molecular flexibility index (Phi) is 5.63. The molecular weight excluding hydrogens is 321 g/mol. The summed E-state index contributed by atoms with van der Waals surface area (Å²) in [5.74, 6) is -0.169. The average molecular weight is 344 g/mol. The van der Waals surface area contributed by atoms with Crippen LogP contribution in [0.2, 0.25) is 0 Å². The third kappa shape index (κ3) is 5.09. The number of rotatable bonds is 4. The minimum absolute atomic E-state index is 0.169. The van der Waals surface area contributed by atoms with E-state index in [0.29, 0.717) is 6.04 Å². The average Bonchev–Trinajstić information content (AvgIpc) is 2.57. The van der Waals surface area contributed by atoms with E-state index in [2.05, 4.69) is 14.5 Å². The Labute approximate surface area is 140 Å². The first-order valence-corrected chi connectivity index (χ1v) is 8.38. The lowest BCUT2D eigenvalue weighted by atomic mass is 10.0.